The van der Waals surface area contributed by atoms with Gasteiger partial charge in [0.1, 0.15) is 5.75 Å². The fourth-order valence-electron chi connectivity index (χ4n) is 2.02. The van der Waals surface area contributed by atoms with Gasteiger partial charge in [-0.15, -0.1) is 0 Å². The Morgan fingerprint density at radius 2 is 2.00 bits per heavy atom. The first-order valence-corrected chi connectivity index (χ1v) is 6.47. The van der Waals surface area contributed by atoms with Gasteiger partial charge in [-0.25, -0.2) is 0 Å². The zero-order valence-corrected chi connectivity index (χ0v) is 11.1. The Kier molecular flexibility index (Phi) is 5.62. The summed E-state index contributed by atoms with van der Waals surface area (Å²) in [5.41, 5.74) is 0.492. The predicted molar refractivity (Wildman–Crippen MR) is 71.8 cm³/mol. The van der Waals surface area contributed by atoms with Gasteiger partial charge in [-0.3, -0.25) is 10.1 Å². The van der Waals surface area contributed by atoms with Crippen molar-refractivity contribution in [2.24, 2.45) is 5.92 Å². The lowest BCUT2D eigenvalue weighted by Crippen LogP contribution is -1.96. The number of phenolic OH excluding ortho intramolecular Hbond substituents is 1. The van der Waals surface area contributed by atoms with Crippen LogP contribution in [0.5, 0.6) is 5.75 Å². The van der Waals surface area contributed by atoms with Gasteiger partial charge in [0.2, 0.25) is 0 Å². The van der Waals surface area contributed by atoms with Crippen LogP contribution < -0.4 is 0 Å². The Hall–Kier alpha value is -1.58. The number of nitro benzene ring substituents is 1. The number of unbranched alkanes of at least 4 members (excludes halogenated alkanes) is 2. The Bertz CT molecular complexity index is 402. The first-order chi connectivity index (χ1) is 8.52. The van der Waals surface area contributed by atoms with Gasteiger partial charge < -0.3 is 5.11 Å². The summed E-state index contributed by atoms with van der Waals surface area (Å²) in [5, 5.41) is 20.5. The highest BCUT2D eigenvalue weighted by Crippen LogP contribution is 2.29. The molecule has 0 fully saturated rings. The lowest BCUT2D eigenvalue weighted by Gasteiger charge is -2.06. The van der Waals surface area contributed by atoms with Crippen LogP contribution in [0.2, 0.25) is 0 Å². The number of nitrogens with zero attached hydrogens (tertiary/aromatic N) is 1. The van der Waals surface area contributed by atoms with Crippen molar-refractivity contribution < 1.29 is 10.0 Å². The van der Waals surface area contributed by atoms with Crippen molar-refractivity contribution in [1.29, 1.82) is 0 Å². The molecule has 0 atom stereocenters. The summed E-state index contributed by atoms with van der Waals surface area (Å²) >= 11 is 0. The van der Waals surface area contributed by atoms with Crippen molar-refractivity contribution in [2.45, 2.75) is 46.0 Å². The number of benzene rings is 1. The van der Waals surface area contributed by atoms with Crippen LogP contribution in [-0.2, 0) is 6.42 Å². The molecule has 0 aliphatic carbocycles. The number of hydrogen-bond donors (Lipinski definition) is 1. The predicted octanol–water partition coefficient (Wildman–Crippen LogP) is 4.06. The van der Waals surface area contributed by atoms with Gasteiger partial charge in [-0.1, -0.05) is 39.2 Å². The minimum atomic E-state index is -0.427. The number of rotatable bonds is 7. The number of hydrogen-bond acceptors (Lipinski definition) is 3. The molecule has 4 nitrogen and oxygen atoms in total. The number of nitro groups is 1. The molecule has 1 aromatic rings. The van der Waals surface area contributed by atoms with E-state index in [2.05, 4.69) is 13.8 Å². The molecular weight excluding hydrogens is 230 g/mol. The van der Waals surface area contributed by atoms with Gasteiger partial charge in [0.15, 0.2) is 0 Å². The Morgan fingerprint density at radius 3 is 2.61 bits per heavy atom. The molecule has 18 heavy (non-hydrogen) atoms. The number of phenols is 1. The van der Waals surface area contributed by atoms with E-state index >= 15 is 0 Å². The quantitative estimate of drug-likeness (QED) is 0.451. The van der Waals surface area contributed by atoms with Crippen LogP contribution in [0.25, 0.3) is 0 Å². The van der Waals surface area contributed by atoms with Crippen LogP contribution in [-0.4, -0.2) is 10.0 Å². The van der Waals surface area contributed by atoms with Gasteiger partial charge in [0.05, 0.1) is 10.5 Å². The largest absolute Gasteiger partial charge is 0.507 e. The normalized spacial score (nSPS) is 10.8. The first-order valence-electron chi connectivity index (χ1n) is 6.47. The second kappa shape index (κ2) is 6.99. The van der Waals surface area contributed by atoms with E-state index in [1.165, 1.54) is 24.6 Å². The molecule has 1 N–H and O–H groups in total. The van der Waals surface area contributed by atoms with Crippen LogP contribution >= 0.6 is 0 Å². The third kappa shape index (κ3) is 4.35. The van der Waals surface area contributed by atoms with Gasteiger partial charge in [0.25, 0.3) is 5.69 Å². The SMILES string of the molecule is CC(C)CCCCCc1c(O)cccc1[N+](=O)[O-]. The minimum Gasteiger partial charge on any atom is -0.507 e. The van der Waals surface area contributed by atoms with Crippen LogP contribution in [0.3, 0.4) is 0 Å². The molecule has 0 heterocycles. The van der Waals surface area contributed by atoms with E-state index in [0.717, 1.165) is 19.3 Å². The van der Waals surface area contributed by atoms with E-state index in [1.807, 2.05) is 0 Å². The Morgan fingerprint density at radius 1 is 1.28 bits per heavy atom. The highest BCUT2D eigenvalue weighted by Gasteiger charge is 2.16. The van der Waals surface area contributed by atoms with Crippen LogP contribution in [0.4, 0.5) is 5.69 Å². The molecule has 1 rings (SSSR count). The maximum Gasteiger partial charge on any atom is 0.276 e. The topological polar surface area (TPSA) is 63.4 Å². The molecule has 0 bridgehead atoms. The van der Waals surface area contributed by atoms with Crippen LogP contribution in [0, 0.1) is 16.0 Å². The Balaban J connectivity index is 2.53. The highest BCUT2D eigenvalue weighted by molar-refractivity contribution is 5.48. The van der Waals surface area contributed by atoms with Crippen molar-refractivity contribution in [3.63, 3.8) is 0 Å². The third-order valence-electron chi connectivity index (χ3n) is 3.03. The molecule has 0 saturated carbocycles. The lowest BCUT2D eigenvalue weighted by atomic mass is 10.0. The lowest BCUT2D eigenvalue weighted by molar-refractivity contribution is -0.385. The van der Waals surface area contributed by atoms with Crippen molar-refractivity contribution >= 4 is 5.69 Å². The molecule has 0 spiro atoms. The van der Waals surface area contributed by atoms with Crippen LogP contribution in [0.15, 0.2) is 18.2 Å². The zero-order valence-electron chi connectivity index (χ0n) is 11.1. The Labute approximate surface area is 108 Å². The average molecular weight is 251 g/mol. The maximum absolute atomic E-state index is 10.8. The maximum atomic E-state index is 10.8. The fraction of sp³-hybridized carbons (Fsp3) is 0.571. The monoisotopic (exact) mass is 251 g/mol. The molecule has 0 amide bonds. The molecule has 4 heteroatoms. The summed E-state index contributed by atoms with van der Waals surface area (Å²) in [6.07, 6.45) is 4.82. The summed E-state index contributed by atoms with van der Waals surface area (Å²) in [7, 11) is 0. The summed E-state index contributed by atoms with van der Waals surface area (Å²) in [4.78, 5) is 10.4. The summed E-state index contributed by atoms with van der Waals surface area (Å²) in [5.74, 6) is 0.734. The van der Waals surface area contributed by atoms with Crippen molar-refractivity contribution in [3.05, 3.63) is 33.9 Å². The molecule has 1 aromatic carbocycles. The molecule has 0 saturated heterocycles. The summed E-state index contributed by atoms with van der Waals surface area (Å²) in [6, 6.07) is 4.47. The average Bonchev–Trinajstić information content (AvgIpc) is 2.29. The van der Waals surface area contributed by atoms with Gasteiger partial charge in [-0.2, -0.15) is 0 Å². The van der Waals surface area contributed by atoms with Gasteiger partial charge in [-0.05, 0) is 24.8 Å². The van der Waals surface area contributed by atoms with E-state index < -0.39 is 4.92 Å². The summed E-state index contributed by atoms with van der Waals surface area (Å²) < 4.78 is 0. The third-order valence-corrected chi connectivity index (χ3v) is 3.03. The number of aromatic hydroxyl groups is 1. The van der Waals surface area contributed by atoms with E-state index in [-0.39, 0.29) is 11.4 Å². The van der Waals surface area contributed by atoms with Gasteiger partial charge >= 0.3 is 0 Å². The molecular formula is C14H21NO3. The van der Waals surface area contributed by atoms with Crippen molar-refractivity contribution in [3.8, 4) is 5.75 Å². The van der Waals surface area contributed by atoms with E-state index in [4.69, 9.17) is 0 Å². The molecule has 0 aliphatic rings. The highest BCUT2D eigenvalue weighted by atomic mass is 16.6. The second-order valence-corrected chi connectivity index (χ2v) is 5.03. The fourth-order valence-corrected chi connectivity index (χ4v) is 2.02. The molecule has 0 unspecified atom stereocenters. The minimum absolute atomic E-state index is 0.0267. The molecule has 0 radical (unpaired) electrons. The molecule has 0 aromatic heterocycles. The first kappa shape index (κ1) is 14.5. The van der Waals surface area contributed by atoms with E-state index in [1.54, 1.807) is 0 Å². The van der Waals surface area contributed by atoms with Gasteiger partial charge in [0, 0.05) is 6.07 Å². The summed E-state index contributed by atoms with van der Waals surface area (Å²) in [6.45, 7) is 4.38. The van der Waals surface area contributed by atoms with E-state index in [9.17, 15) is 15.2 Å². The smallest absolute Gasteiger partial charge is 0.276 e. The van der Waals surface area contributed by atoms with Crippen LogP contribution in [0.1, 0.15) is 45.1 Å². The standard InChI is InChI=1S/C14H21NO3/c1-11(2)7-4-3-5-8-12-13(15(17)18)9-6-10-14(12)16/h6,9-11,16H,3-5,7-8H2,1-2H3. The molecule has 0 aliphatic heterocycles. The van der Waals surface area contributed by atoms with Crippen molar-refractivity contribution in [1.82, 2.24) is 0 Å². The van der Waals surface area contributed by atoms with Crippen molar-refractivity contribution in [2.75, 3.05) is 0 Å². The molecule has 100 valence electrons. The van der Waals surface area contributed by atoms with E-state index in [0.29, 0.717) is 17.9 Å². The zero-order chi connectivity index (χ0) is 13.5. The second-order valence-electron chi connectivity index (χ2n) is 5.03.